The van der Waals surface area contributed by atoms with Gasteiger partial charge in [0.2, 0.25) is 5.91 Å². The van der Waals surface area contributed by atoms with E-state index in [9.17, 15) is 13.2 Å². The van der Waals surface area contributed by atoms with Crippen LogP contribution in [0.15, 0.2) is 53.2 Å². The number of hydrogen-bond donors (Lipinski definition) is 0. The Hall–Kier alpha value is -2.05. The third kappa shape index (κ3) is 4.74. The molecule has 132 valence electrons. The van der Waals surface area contributed by atoms with Crippen molar-refractivity contribution in [2.24, 2.45) is 0 Å². The molecule has 0 N–H and O–H groups in total. The van der Waals surface area contributed by atoms with E-state index in [1.165, 1.54) is 12.3 Å². The molecule has 3 rings (SSSR count). The summed E-state index contributed by atoms with van der Waals surface area (Å²) in [6.45, 7) is 0.332. The van der Waals surface area contributed by atoms with Crippen LogP contribution in [0.25, 0.3) is 6.08 Å². The first-order chi connectivity index (χ1) is 11.9. The number of hydrogen-bond acceptors (Lipinski definition) is 4. The van der Waals surface area contributed by atoms with E-state index in [-0.39, 0.29) is 23.5 Å². The first kappa shape index (κ1) is 17.8. The molecule has 1 aliphatic rings. The average Bonchev–Trinajstić information content (AvgIpc) is 3.21. The summed E-state index contributed by atoms with van der Waals surface area (Å²) in [7, 11) is -3.09. The summed E-state index contributed by atoms with van der Waals surface area (Å²) in [6.07, 6.45) is 4.98. The molecule has 1 fully saturated rings. The van der Waals surface area contributed by atoms with Gasteiger partial charge in [-0.2, -0.15) is 0 Å². The number of carbonyl (C=O) groups is 1. The number of nitrogens with zero attached hydrogens (tertiary/aromatic N) is 1. The molecule has 1 atom stereocenters. The Morgan fingerprint density at radius 1 is 1.28 bits per heavy atom. The van der Waals surface area contributed by atoms with Crippen molar-refractivity contribution in [1.29, 1.82) is 0 Å². The lowest BCUT2D eigenvalue weighted by atomic mass is 10.1. The molecule has 1 saturated heterocycles. The van der Waals surface area contributed by atoms with E-state index < -0.39 is 9.84 Å². The number of benzene rings is 1. The molecule has 1 aliphatic heterocycles. The second kappa shape index (κ2) is 7.45. The molecule has 2 aromatic rings. The smallest absolute Gasteiger partial charge is 0.247 e. The lowest BCUT2D eigenvalue weighted by Crippen LogP contribution is -2.39. The van der Waals surface area contributed by atoms with Crippen LogP contribution in [0.4, 0.5) is 0 Å². The zero-order valence-corrected chi connectivity index (χ0v) is 15.0. The fourth-order valence-electron chi connectivity index (χ4n) is 2.83. The Morgan fingerprint density at radius 2 is 2.04 bits per heavy atom. The molecule has 0 spiro atoms. The minimum absolute atomic E-state index is 0.000914. The van der Waals surface area contributed by atoms with E-state index in [1.54, 1.807) is 35.2 Å². The summed E-state index contributed by atoms with van der Waals surface area (Å²) in [5.74, 6) is 0.442. The molecular weight excluding hydrogens is 362 g/mol. The van der Waals surface area contributed by atoms with Crippen LogP contribution in [0.2, 0.25) is 5.02 Å². The number of halogens is 1. The van der Waals surface area contributed by atoms with Gasteiger partial charge in [0.25, 0.3) is 0 Å². The molecule has 0 unspecified atom stereocenters. The second-order valence-electron chi connectivity index (χ2n) is 6.00. The molecule has 0 radical (unpaired) electrons. The molecule has 25 heavy (non-hydrogen) atoms. The Bertz CT molecular complexity index is 857. The van der Waals surface area contributed by atoms with Crippen LogP contribution in [-0.2, 0) is 21.2 Å². The van der Waals surface area contributed by atoms with Gasteiger partial charge in [-0.15, -0.1) is 0 Å². The number of sulfone groups is 1. The summed E-state index contributed by atoms with van der Waals surface area (Å²) >= 11 is 5.90. The third-order valence-electron chi connectivity index (χ3n) is 4.13. The zero-order chi connectivity index (χ0) is 17.9. The van der Waals surface area contributed by atoms with Gasteiger partial charge in [-0.05, 0) is 42.3 Å². The Labute approximate surface area is 151 Å². The maximum Gasteiger partial charge on any atom is 0.247 e. The van der Waals surface area contributed by atoms with Crippen LogP contribution in [0.3, 0.4) is 0 Å². The highest BCUT2D eigenvalue weighted by atomic mass is 35.5. The maximum atomic E-state index is 12.7. The molecule has 7 heteroatoms. The lowest BCUT2D eigenvalue weighted by Gasteiger charge is -2.27. The SMILES string of the molecule is O=C(/C=C/c1ccco1)N(Cc1ccc(Cl)cc1)[C@H]1CCS(=O)(=O)C1. The van der Waals surface area contributed by atoms with Crippen LogP contribution in [-0.4, -0.2) is 36.8 Å². The topological polar surface area (TPSA) is 67.6 Å². The van der Waals surface area contributed by atoms with E-state index in [0.717, 1.165) is 5.56 Å². The van der Waals surface area contributed by atoms with Crippen molar-refractivity contribution in [3.05, 3.63) is 65.1 Å². The summed E-state index contributed by atoms with van der Waals surface area (Å²) in [4.78, 5) is 14.3. The summed E-state index contributed by atoms with van der Waals surface area (Å²) in [5.41, 5.74) is 0.897. The largest absolute Gasteiger partial charge is 0.465 e. The predicted molar refractivity (Wildman–Crippen MR) is 96.8 cm³/mol. The van der Waals surface area contributed by atoms with E-state index in [0.29, 0.717) is 23.7 Å². The van der Waals surface area contributed by atoms with Gasteiger partial charge in [-0.3, -0.25) is 4.79 Å². The second-order valence-corrected chi connectivity index (χ2v) is 8.66. The number of amides is 1. The molecular formula is C18H18ClNO4S. The highest BCUT2D eigenvalue weighted by Gasteiger charge is 2.34. The molecule has 1 aromatic heterocycles. The van der Waals surface area contributed by atoms with Crippen molar-refractivity contribution in [2.75, 3.05) is 11.5 Å². The number of furan rings is 1. The minimum Gasteiger partial charge on any atom is -0.465 e. The average molecular weight is 380 g/mol. The van der Waals surface area contributed by atoms with Crippen LogP contribution < -0.4 is 0 Å². The minimum atomic E-state index is -3.09. The van der Waals surface area contributed by atoms with Gasteiger partial charge in [-0.25, -0.2) is 8.42 Å². The molecule has 0 bridgehead atoms. The molecule has 5 nitrogen and oxygen atoms in total. The Balaban J connectivity index is 1.80. The van der Waals surface area contributed by atoms with Gasteiger partial charge >= 0.3 is 0 Å². The standard InChI is InChI=1S/C18H18ClNO4S/c19-15-5-3-14(4-6-15)12-20(16-9-11-25(22,23)13-16)18(21)8-7-17-2-1-10-24-17/h1-8,10,16H,9,11-13H2/b8-7+/t16-/m0/s1. The van der Waals surface area contributed by atoms with Gasteiger partial charge in [0.05, 0.1) is 17.8 Å². The van der Waals surface area contributed by atoms with E-state index >= 15 is 0 Å². The van der Waals surface area contributed by atoms with Crippen LogP contribution in [0.5, 0.6) is 0 Å². The zero-order valence-electron chi connectivity index (χ0n) is 13.5. The van der Waals surface area contributed by atoms with Crippen molar-refractivity contribution >= 4 is 33.4 Å². The molecule has 1 amide bonds. The number of rotatable bonds is 5. The van der Waals surface area contributed by atoms with Crippen molar-refractivity contribution in [2.45, 2.75) is 19.0 Å². The fraction of sp³-hybridized carbons (Fsp3) is 0.278. The normalized spacial score (nSPS) is 19.3. The molecule has 0 aliphatic carbocycles. The van der Waals surface area contributed by atoms with E-state index in [4.69, 9.17) is 16.0 Å². The van der Waals surface area contributed by atoms with Gasteiger partial charge in [0.15, 0.2) is 9.84 Å². The highest BCUT2D eigenvalue weighted by molar-refractivity contribution is 7.91. The quantitative estimate of drug-likeness (QED) is 0.748. The van der Waals surface area contributed by atoms with Crippen molar-refractivity contribution in [3.8, 4) is 0 Å². The maximum absolute atomic E-state index is 12.7. The van der Waals surface area contributed by atoms with Crippen molar-refractivity contribution in [1.82, 2.24) is 4.90 Å². The van der Waals surface area contributed by atoms with Gasteiger partial charge in [0, 0.05) is 23.7 Å². The van der Waals surface area contributed by atoms with E-state index in [2.05, 4.69) is 0 Å². The predicted octanol–water partition coefficient (Wildman–Crippen LogP) is 3.16. The van der Waals surface area contributed by atoms with Crippen molar-refractivity contribution in [3.63, 3.8) is 0 Å². The van der Waals surface area contributed by atoms with Gasteiger partial charge in [-0.1, -0.05) is 23.7 Å². The number of carbonyl (C=O) groups excluding carboxylic acids is 1. The van der Waals surface area contributed by atoms with Crippen LogP contribution in [0.1, 0.15) is 17.7 Å². The van der Waals surface area contributed by atoms with Crippen molar-refractivity contribution < 1.29 is 17.6 Å². The van der Waals surface area contributed by atoms with Gasteiger partial charge < -0.3 is 9.32 Å². The Kier molecular flexibility index (Phi) is 5.30. The fourth-order valence-corrected chi connectivity index (χ4v) is 4.69. The molecule has 1 aromatic carbocycles. The summed E-state index contributed by atoms with van der Waals surface area (Å²) in [5, 5.41) is 0.614. The third-order valence-corrected chi connectivity index (χ3v) is 6.13. The van der Waals surface area contributed by atoms with Crippen LogP contribution >= 0.6 is 11.6 Å². The van der Waals surface area contributed by atoms with Gasteiger partial charge in [0.1, 0.15) is 5.76 Å². The first-order valence-corrected chi connectivity index (χ1v) is 10.1. The Morgan fingerprint density at radius 3 is 2.64 bits per heavy atom. The van der Waals surface area contributed by atoms with E-state index in [1.807, 2.05) is 12.1 Å². The highest BCUT2D eigenvalue weighted by Crippen LogP contribution is 2.21. The lowest BCUT2D eigenvalue weighted by molar-refractivity contribution is -0.128. The molecule has 0 saturated carbocycles. The monoisotopic (exact) mass is 379 g/mol. The summed E-state index contributed by atoms with van der Waals surface area (Å²) < 4.78 is 28.8. The summed E-state index contributed by atoms with van der Waals surface area (Å²) in [6, 6.07) is 10.3. The first-order valence-electron chi connectivity index (χ1n) is 7.90. The van der Waals surface area contributed by atoms with Crippen LogP contribution in [0, 0.1) is 0 Å². The molecule has 2 heterocycles.